The average Bonchev–Trinajstić information content (AvgIpc) is 2.60. The lowest BCUT2D eigenvalue weighted by Gasteiger charge is -2.19. The second-order valence-electron chi connectivity index (χ2n) is 4.46. The molecule has 1 aliphatic heterocycles. The predicted molar refractivity (Wildman–Crippen MR) is 60.5 cm³/mol. The monoisotopic (exact) mass is 203 g/mol. The summed E-state index contributed by atoms with van der Waals surface area (Å²) in [5.74, 6) is 0.643. The van der Waals surface area contributed by atoms with Gasteiger partial charge in [-0.1, -0.05) is 37.3 Å². The largest absolute Gasteiger partial charge is 0.302 e. The van der Waals surface area contributed by atoms with Crippen molar-refractivity contribution in [2.24, 2.45) is 5.92 Å². The van der Waals surface area contributed by atoms with Gasteiger partial charge >= 0.3 is 0 Å². The van der Waals surface area contributed by atoms with Crippen molar-refractivity contribution < 1.29 is 4.79 Å². The summed E-state index contributed by atoms with van der Waals surface area (Å²) in [6.45, 7) is 4.15. The van der Waals surface area contributed by atoms with E-state index in [4.69, 9.17) is 0 Å². The van der Waals surface area contributed by atoms with E-state index in [2.05, 4.69) is 24.0 Å². The second-order valence-corrected chi connectivity index (χ2v) is 4.46. The summed E-state index contributed by atoms with van der Waals surface area (Å²) < 4.78 is 0. The number of likely N-dealkylation sites (tertiary alicyclic amines) is 1. The molecule has 0 amide bonds. The summed E-state index contributed by atoms with van der Waals surface area (Å²) >= 11 is 0. The summed E-state index contributed by atoms with van der Waals surface area (Å²) in [6.07, 6.45) is 2.10. The molecule has 1 aromatic carbocycles. The number of rotatable bonds is 3. The number of carbonyl (C=O) groups excluding carboxylic acids is 1. The molecule has 1 unspecified atom stereocenters. The third kappa shape index (κ3) is 2.45. The van der Waals surface area contributed by atoms with Gasteiger partial charge in [0.25, 0.3) is 0 Å². The van der Waals surface area contributed by atoms with Crippen molar-refractivity contribution >= 4 is 6.29 Å². The van der Waals surface area contributed by atoms with Crippen LogP contribution in [0.1, 0.15) is 18.9 Å². The van der Waals surface area contributed by atoms with Crippen LogP contribution in [0, 0.1) is 5.92 Å². The Hall–Kier alpha value is -1.15. The van der Waals surface area contributed by atoms with E-state index < -0.39 is 0 Å². The molecule has 0 saturated carbocycles. The predicted octanol–water partition coefficient (Wildman–Crippen LogP) is 2.10. The first-order valence-corrected chi connectivity index (χ1v) is 5.53. The molecule has 2 nitrogen and oxygen atoms in total. The van der Waals surface area contributed by atoms with Crippen LogP contribution in [0.15, 0.2) is 30.3 Å². The van der Waals surface area contributed by atoms with Crippen LogP contribution in [-0.4, -0.2) is 23.8 Å². The van der Waals surface area contributed by atoms with Crippen LogP contribution in [0.25, 0.3) is 0 Å². The van der Waals surface area contributed by atoms with E-state index >= 15 is 0 Å². The van der Waals surface area contributed by atoms with E-state index in [1.807, 2.05) is 18.2 Å². The van der Waals surface area contributed by atoms with Crippen molar-refractivity contribution in [1.29, 1.82) is 0 Å². The normalized spacial score (nSPS) is 26.7. The van der Waals surface area contributed by atoms with Gasteiger partial charge in [-0.05, 0) is 17.9 Å². The quantitative estimate of drug-likeness (QED) is 0.701. The molecule has 0 radical (unpaired) electrons. The SMILES string of the molecule is C[C@H]1CC(C=O)N(Cc2ccccc2)C1. The number of carbonyl (C=O) groups is 1. The maximum absolute atomic E-state index is 10.9. The molecule has 80 valence electrons. The van der Waals surface area contributed by atoms with Crippen LogP contribution in [0.4, 0.5) is 0 Å². The minimum absolute atomic E-state index is 0.125. The first kappa shape index (κ1) is 10.4. The molecule has 1 aromatic rings. The topological polar surface area (TPSA) is 20.3 Å². The van der Waals surface area contributed by atoms with Gasteiger partial charge < -0.3 is 4.79 Å². The van der Waals surface area contributed by atoms with Gasteiger partial charge in [-0.25, -0.2) is 0 Å². The zero-order valence-corrected chi connectivity index (χ0v) is 9.10. The molecule has 0 spiro atoms. The molecule has 2 atom stereocenters. The van der Waals surface area contributed by atoms with E-state index in [1.165, 1.54) is 5.56 Å². The van der Waals surface area contributed by atoms with Gasteiger partial charge in [-0.2, -0.15) is 0 Å². The number of nitrogens with zero attached hydrogens (tertiary/aromatic N) is 1. The van der Waals surface area contributed by atoms with E-state index in [0.29, 0.717) is 5.92 Å². The number of aldehydes is 1. The molecule has 0 bridgehead atoms. The molecule has 1 heterocycles. The smallest absolute Gasteiger partial charge is 0.137 e. The molecule has 2 rings (SSSR count). The molecule has 1 fully saturated rings. The molecule has 0 aliphatic carbocycles. The highest BCUT2D eigenvalue weighted by Crippen LogP contribution is 2.23. The molecule has 2 heteroatoms. The minimum atomic E-state index is 0.125. The van der Waals surface area contributed by atoms with Crippen LogP contribution in [-0.2, 0) is 11.3 Å². The molecule has 1 saturated heterocycles. The Bertz CT molecular complexity index is 323. The molecule has 15 heavy (non-hydrogen) atoms. The lowest BCUT2D eigenvalue weighted by molar-refractivity contribution is -0.111. The summed E-state index contributed by atoms with van der Waals surface area (Å²) in [4.78, 5) is 13.2. The van der Waals surface area contributed by atoms with E-state index in [1.54, 1.807) is 0 Å². The van der Waals surface area contributed by atoms with Crippen molar-refractivity contribution in [3.63, 3.8) is 0 Å². The summed E-state index contributed by atoms with van der Waals surface area (Å²) in [6, 6.07) is 10.5. The third-order valence-corrected chi connectivity index (χ3v) is 3.04. The van der Waals surface area contributed by atoms with Crippen molar-refractivity contribution in [2.75, 3.05) is 6.54 Å². The van der Waals surface area contributed by atoms with E-state index in [-0.39, 0.29) is 6.04 Å². The van der Waals surface area contributed by atoms with E-state index in [9.17, 15) is 4.79 Å². The maximum Gasteiger partial charge on any atom is 0.137 e. The Morgan fingerprint density at radius 2 is 2.13 bits per heavy atom. The highest BCUT2D eigenvalue weighted by atomic mass is 16.1. The fraction of sp³-hybridized carbons (Fsp3) is 0.462. The Balaban J connectivity index is 2.02. The fourth-order valence-electron chi connectivity index (χ4n) is 2.31. The molecule has 1 aliphatic rings. The van der Waals surface area contributed by atoms with Crippen molar-refractivity contribution in [2.45, 2.75) is 25.9 Å². The van der Waals surface area contributed by atoms with Crippen LogP contribution in [0.2, 0.25) is 0 Å². The molecular formula is C13H17NO. The highest BCUT2D eigenvalue weighted by Gasteiger charge is 2.28. The highest BCUT2D eigenvalue weighted by molar-refractivity contribution is 5.58. The number of hydrogen-bond acceptors (Lipinski definition) is 2. The molecule has 0 aromatic heterocycles. The van der Waals surface area contributed by atoms with E-state index in [0.717, 1.165) is 25.8 Å². The second kappa shape index (κ2) is 4.58. The minimum Gasteiger partial charge on any atom is -0.302 e. The van der Waals surface area contributed by atoms with Crippen molar-refractivity contribution in [1.82, 2.24) is 4.90 Å². The van der Waals surface area contributed by atoms with Gasteiger partial charge in [0.2, 0.25) is 0 Å². The van der Waals surface area contributed by atoms with Gasteiger partial charge in [0, 0.05) is 13.1 Å². The van der Waals surface area contributed by atoms with Crippen molar-refractivity contribution in [3.05, 3.63) is 35.9 Å². The van der Waals surface area contributed by atoms with Crippen LogP contribution < -0.4 is 0 Å². The first-order chi connectivity index (χ1) is 7.29. The van der Waals surface area contributed by atoms with Gasteiger partial charge in [0.05, 0.1) is 6.04 Å². The Kier molecular flexibility index (Phi) is 3.17. The van der Waals surface area contributed by atoms with Gasteiger partial charge in [0.1, 0.15) is 6.29 Å². The van der Waals surface area contributed by atoms with Crippen molar-refractivity contribution in [3.8, 4) is 0 Å². The van der Waals surface area contributed by atoms with Gasteiger partial charge in [0.15, 0.2) is 0 Å². The van der Waals surface area contributed by atoms with Gasteiger partial charge in [-0.15, -0.1) is 0 Å². The molecular weight excluding hydrogens is 186 g/mol. The van der Waals surface area contributed by atoms with Crippen LogP contribution in [0.3, 0.4) is 0 Å². The Labute approximate surface area is 90.9 Å². The average molecular weight is 203 g/mol. The lowest BCUT2D eigenvalue weighted by Crippen LogP contribution is -2.29. The third-order valence-electron chi connectivity index (χ3n) is 3.04. The van der Waals surface area contributed by atoms with Gasteiger partial charge in [-0.3, -0.25) is 4.90 Å². The molecule has 0 N–H and O–H groups in total. The summed E-state index contributed by atoms with van der Waals surface area (Å²) in [5, 5.41) is 0. The Morgan fingerprint density at radius 1 is 1.40 bits per heavy atom. The zero-order chi connectivity index (χ0) is 10.7. The Morgan fingerprint density at radius 3 is 2.80 bits per heavy atom. The number of benzene rings is 1. The standard InChI is InChI=1S/C13H17NO/c1-11-7-13(10-15)14(8-11)9-12-5-3-2-4-6-12/h2-6,10-11,13H,7-9H2,1H3/t11-,13?/m0/s1. The fourth-order valence-corrected chi connectivity index (χ4v) is 2.31. The van der Waals surface area contributed by atoms with Crippen LogP contribution in [0.5, 0.6) is 0 Å². The zero-order valence-electron chi connectivity index (χ0n) is 9.10. The summed E-state index contributed by atoms with van der Waals surface area (Å²) in [7, 11) is 0. The maximum atomic E-state index is 10.9. The first-order valence-electron chi connectivity index (χ1n) is 5.53. The number of hydrogen-bond donors (Lipinski definition) is 0. The summed E-state index contributed by atoms with van der Waals surface area (Å²) in [5.41, 5.74) is 1.29. The lowest BCUT2D eigenvalue weighted by atomic mass is 10.1. The van der Waals surface area contributed by atoms with Crippen LogP contribution >= 0.6 is 0 Å².